The number of nitrogens with one attached hydrogen (secondary N) is 1. The lowest BCUT2D eigenvalue weighted by Crippen LogP contribution is -2.35. The van der Waals surface area contributed by atoms with Gasteiger partial charge in [-0.1, -0.05) is 18.3 Å². The van der Waals surface area contributed by atoms with Crippen LogP contribution < -0.4 is 5.32 Å². The van der Waals surface area contributed by atoms with E-state index in [1.165, 1.54) is 6.20 Å². The lowest BCUT2D eigenvalue weighted by atomic mass is 9.96. The van der Waals surface area contributed by atoms with Gasteiger partial charge in [0.15, 0.2) is 0 Å². The first-order chi connectivity index (χ1) is 7.52. The van der Waals surface area contributed by atoms with Gasteiger partial charge in [0.25, 0.3) is 5.91 Å². The van der Waals surface area contributed by atoms with Crippen LogP contribution >= 0.6 is 11.5 Å². The second-order valence-electron chi connectivity index (χ2n) is 3.68. The maximum absolute atomic E-state index is 11.5. The van der Waals surface area contributed by atoms with Crippen molar-refractivity contribution in [1.82, 2.24) is 14.9 Å². The molecule has 1 aromatic rings. The van der Waals surface area contributed by atoms with Crippen LogP contribution in [0.15, 0.2) is 6.20 Å². The number of carbonyl (C=O) groups excluding carboxylic acids is 1. The molecule has 1 aromatic heterocycles. The molecule has 0 saturated heterocycles. The van der Waals surface area contributed by atoms with E-state index in [1.807, 2.05) is 0 Å². The number of rotatable bonds is 5. The summed E-state index contributed by atoms with van der Waals surface area (Å²) in [5, 5.41) is 15.0. The van der Waals surface area contributed by atoms with Crippen molar-refractivity contribution in [3.63, 3.8) is 0 Å². The van der Waals surface area contributed by atoms with Crippen LogP contribution in [-0.2, 0) is 4.79 Å². The quantitative estimate of drug-likeness (QED) is 0.791. The lowest BCUT2D eigenvalue weighted by Gasteiger charge is -2.16. The zero-order valence-electron chi connectivity index (χ0n) is 9.01. The summed E-state index contributed by atoms with van der Waals surface area (Å²) >= 11 is 0.979. The highest BCUT2D eigenvalue weighted by Crippen LogP contribution is 2.10. The van der Waals surface area contributed by atoms with E-state index in [1.54, 1.807) is 13.8 Å². The van der Waals surface area contributed by atoms with Crippen LogP contribution in [0.5, 0.6) is 0 Å². The Morgan fingerprint density at radius 3 is 2.69 bits per heavy atom. The molecule has 1 rings (SSSR count). The van der Waals surface area contributed by atoms with E-state index >= 15 is 0 Å². The molecule has 88 valence electrons. The molecule has 0 aromatic carbocycles. The Bertz CT molecular complexity index is 364. The maximum Gasteiger partial charge on any atom is 0.308 e. The average molecular weight is 243 g/mol. The molecule has 0 radical (unpaired) electrons. The summed E-state index contributed by atoms with van der Waals surface area (Å²) < 4.78 is 3.56. The van der Waals surface area contributed by atoms with Gasteiger partial charge in [-0.25, -0.2) is 0 Å². The van der Waals surface area contributed by atoms with Crippen LogP contribution in [0.25, 0.3) is 0 Å². The van der Waals surface area contributed by atoms with Crippen LogP contribution in [0.3, 0.4) is 0 Å². The third-order valence-electron chi connectivity index (χ3n) is 2.19. The smallest absolute Gasteiger partial charge is 0.308 e. The minimum atomic E-state index is -0.905. The zero-order chi connectivity index (χ0) is 12.1. The molecule has 0 saturated carbocycles. The summed E-state index contributed by atoms with van der Waals surface area (Å²) in [6.45, 7) is 3.72. The molecule has 1 unspecified atom stereocenters. The van der Waals surface area contributed by atoms with Gasteiger partial charge in [-0.3, -0.25) is 9.59 Å². The Balaban J connectivity index is 2.50. The predicted octanol–water partition coefficient (Wildman–Crippen LogP) is 0.625. The van der Waals surface area contributed by atoms with E-state index in [2.05, 4.69) is 14.9 Å². The van der Waals surface area contributed by atoms with Gasteiger partial charge in [0.05, 0.1) is 12.1 Å². The highest BCUT2D eigenvalue weighted by Gasteiger charge is 2.22. The van der Waals surface area contributed by atoms with Crippen LogP contribution in [-0.4, -0.2) is 33.1 Å². The third-order valence-corrected chi connectivity index (χ3v) is 2.85. The van der Waals surface area contributed by atoms with Gasteiger partial charge in [-0.05, 0) is 17.5 Å². The second kappa shape index (κ2) is 5.55. The highest BCUT2D eigenvalue weighted by molar-refractivity contribution is 7.07. The molecule has 0 aliphatic carbocycles. The minimum Gasteiger partial charge on any atom is -0.481 e. The molecule has 1 heterocycles. The first kappa shape index (κ1) is 12.6. The number of hydrogen-bond donors (Lipinski definition) is 2. The predicted molar refractivity (Wildman–Crippen MR) is 58.2 cm³/mol. The van der Waals surface area contributed by atoms with E-state index in [0.717, 1.165) is 11.5 Å². The Labute approximate surface area is 96.8 Å². The van der Waals surface area contributed by atoms with Crippen LogP contribution in [0.2, 0.25) is 0 Å². The van der Waals surface area contributed by atoms with E-state index in [4.69, 9.17) is 5.11 Å². The van der Waals surface area contributed by atoms with E-state index in [-0.39, 0.29) is 18.4 Å². The first-order valence-corrected chi connectivity index (χ1v) is 5.58. The van der Waals surface area contributed by atoms with Crippen molar-refractivity contribution in [2.75, 3.05) is 6.54 Å². The number of nitrogens with zero attached hydrogens (tertiary/aromatic N) is 2. The number of amides is 1. The molecule has 1 amide bonds. The van der Waals surface area contributed by atoms with Gasteiger partial charge in [0.1, 0.15) is 4.88 Å². The monoisotopic (exact) mass is 243 g/mol. The molecule has 0 spiro atoms. The van der Waals surface area contributed by atoms with Crippen LogP contribution in [0.4, 0.5) is 0 Å². The lowest BCUT2D eigenvalue weighted by molar-refractivity contribution is -0.142. The molecule has 2 N–H and O–H groups in total. The molecular formula is C9H13N3O3S. The molecule has 0 aliphatic heterocycles. The minimum absolute atomic E-state index is 0.0302. The maximum atomic E-state index is 11.5. The third kappa shape index (κ3) is 3.27. The summed E-state index contributed by atoms with van der Waals surface area (Å²) in [6.07, 6.45) is 1.35. The molecule has 1 atom stereocenters. The molecule has 7 heteroatoms. The Hall–Kier alpha value is -1.50. The largest absolute Gasteiger partial charge is 0.481 e. The van der Waals surface area contributed by atoms with Crippen molar-refractivity contribution in [2.45, 2.75) is 13.8 Å². The Morgan fingerprint density at radius 2 is 2.25 bits per heavy atom. The summed E-state index contributed by atoms with van der Waals surface area (Å²) in [5.74, 6) is -1.85. The van der Waals surface area contributed by atoms with Gasteiger partial charge in [0, 0.05) is 6.54 Å². The summed E-state index contributed by atoms with van der Waals surface area (Å²) in [4.78, 5) is 22.7. The van der Waals surface area contributed by atoms with Crippen molar-refractivity contribution >= 4 is 23.4 Å². The van der Waals surface area contributed by atoms with E-state index in [0.29, 0.717) is 4.88 Å². The van der Waals surface area contributed by atoms with Gasteiger partial charge >= 0.3 is 5.97 Å². The summed E-state index contributed by atoms with van der Waals surface area (Å²) in [6, 6.07) is 0. The topological polar surface area (TPSA) is 92.2 Å². The van der Waals surface area contributed by atoms with E-state index < -0.39 is 11.9 Å². The van der Waals surface area contributed by atoms with Crippen molar-refractivity contribution in [3.05, 3.63) is 11.1 Å². The number of carbonyl (C=O) groups is 2. The van der Waals surface area contributed by atoms with Crippen molar-refractivity contribution < 1.29 is 14.7 Å². The van der Waals surface area contributed by atoms with Gasteiger partial charge in [-0.15, -0.1) is 5.10 Å². The van der Waals surface area contributed by atoms with Crippen molar-refractivity contribution in [3.8, 4) is 0 Å². The summed E-state index contributed by atoms with van der Waals surface area (Å²) in [7, 11) is 0. The van der Waals surface area contributed by atoms with Gasteiger partial charge in [0.2, 0.25) is 0 Å². The number of hydrogen-bond acceptors (Lipinski definition) is 5. The SMILES string of the molecule is CC(C)C(CNC(=O)c1cnns1)C(=O)O. The number of carboxylic acid groups (broad SMARTS) is 1. The summed E-state index contributed by atoms with van der Waals surface area (Å²) in [5.41, 5.74) is 0. The number of carboxylic acids is 1. The fraction of sp³-hybridized carbons (Fsp3) is 0.556. The normalized spacial score (nSPS) is 12.4. The van der Waals surface area contributed by atoms with Gasteiger partial charge < -0.3 is 10.4 Å². The Morgan fingerprint density at radius 1 is 1.56 bits per heavy atom. The zero-order valence-corrected chi connectivity index (χ0v) is 9.82. The van der Waals surface area contributed by atoms with E-state index in [9.17, 15) is 9.59 Å². The average Bonchev–Trinajstić information content (AvgIpc) is 2.69. The van der Waals surface area contributed by atoms with Crippen molar-refractivity contribution in [2.24, 2.45) is 11.8 Å². The molecular weight excluding hydrogens is 230 g/mol. The molecule has 0 bridgehead atoms. The molecule has 6 nitrogen and oxygen atoms in total. The van der Waals surface area contributed by atoms with Crippen molar-refractivity contribution in [1.29, 1.82) is 0 Å². The second-order valence-corrected chi connectivity index (χ2v) is 4.47. The number of aliphatic carboxylic acids is 1. The number of aromatic nitrogens is 2. The fourth-order valence-electron chi connectivity index (χ4n) is 1.17. The fourth-order valence-corrected chi connectivity index (χ4v) is 1.60. The molecule has 0 aliphatic rings. The van der Waals surface area contributed by atoms with Crippen LogP contribution in [0.1, 0.15) is 23.5 Å². The Kier molecular flexibility index (Phi) is 4.36. The standard InChI is InChI=1S/C9H13N3O3S/c1-5(2)6(9(14)15)3-10-8(13)7-4-11-12-16-7/h4-6H,3H2,1-2H3,(H,10,13)(H,14,15). The van der Waals surface area contributed by atoms with Crippen LogP contribution in [0, 0.1) is 11.8 Å². The van der Waals surface area contributed by atoms with Gasteiger partial charge in [-0.2, -0.15) is 0 Å². The molecule has 0 fully saturated rings. The molecule has 16 heavy (non-hydrogen) atoms. The highest BCUT2D eigenvalue weighted by atomic mass is 32.1. The first-order valence-electron chi connectivity index (χ1n) is 4.80.